The van der Waals surface area contributed by atoms with Gasteiger partial charge in [0.1, 0.15) is 10.6 Å². The maximum atomic E-state index is 12.6. The molecule has 0 fully saturated rings. The Hall–Kier alpha value is -2.28. The Balaban J connectivity index is 2.47. The monoisotopic (exact) mass is 322 g/mol. The average Bonchev–Trinajstić information content (AvgIpc) is 2.77. The van der Waals surface area contributed by atoms with E-state index in [1.54, 1.807) is 26.1 Å². The Morgan fingerprint density at radius 2 is 1.86 bits per heavy atom. The Bertz CT molecular complexity index is 822. The molecule has 0 radical (unpaired) electrons. The summed E-state index contributed by atoms with van der Waals surface area (Å²) < 4.78 is 33.9. The zero-order chi connectivity index (χ0) is 16.5. The zero-order valence-corrected chi connectivity index (χ0v) is 13.7. The van der Waals surface area contributed by atoms with Crippen molar-refractivity contribution in [2.75, 3.05) is 11.8 Å². The van der Waals surface area contributed by atoms with Crippen LogP contribution in [0, 0.1) is 13.8 Å². The molecule has 118 valence electrons. The predicted molar refractivity (Wildman–Crippen MR) is 83.5 cm³/mol. The summed E-state index contributed by atoms with van der Waals surface area (Å²) >= 11 is 0. The fourth-order valence-electron chi connectivity index (χ4n) is 2.13. The van der Waals surface area contributed by atoms with Gasteiger partial charge in [0, 0.05) is 12.7 Å². The van der Waals surface area contributed by atoms with Crippen LogP contribution >= 0.6 is 0 Å². The molecular weight excluding hydrogens is 304 g/mol. The van der Waals surface area contributed by atoms with Crippen LogP contribution < -0.4 is 4.72 Å². The Morgan fingerprint density at radius 3 is 2.45 bits per heavy atom. The van der Waals surface area contributed by atoms with Crippen molar-refractivity contribution in [3.8, 4) is 0 Å². The van der Waals surface area contributed by atoms with Gasteiger partial charge in [-0.3, -0.25) is 4.72 Å². The van der Waals surface area contributed by atoms with Crippen LogP contribution in [0.2, 0.25) is 0 Å². The topological polar surface area (TPSA) is 77.4 Å². The van der Waals surface area contributed by atoms with E-state index >= 15 is 0 Å². The second kappa shape index (κ2) is 5.84. The summed E-state index contributed by atoms with van der Waals surface area (Å²) in [5.74, 6) is -0.581. The van der Waals surface area contributed by atoms with Crippen molar-refractivity contribution >= 4 is 21.7 Å². The summed E-state index contributed by atoms with van der Waals surface area (Å²) in [6, 6.07) is 8.41. The average molecular weight is 322 g/mol. The van der Waals surface area contributed by atoms with E-state index in [9.17, 15) is 13.2 Å². The van der Waals surface area contributed by atoms with Gasteiger partial charge in [-0.2, -0.15) is 0 Å². The number of anilines is 1. The lowest BCUT2D eigenvalue weighted by atomic mass is 10.2. The molecule has 0 spiro atoms. The molecule has 22 heavy (non-hydrogen) atoms. The van der Waals surface area contributed by atoms with Crippen molar-refractivity contribution in [1.82, 2.24) is 4.57 Å². The molecule has 0 unspecified atom stereocenters. The fraction of sp³-hybridized carbons (Fsp3) is 0.267. The van der Waals surface area contributed by atoms with Crippen LogP contribution in [0.3, 0.4) is 0 Å². The van der Waals surface area contributed by atoms with E-state index in [-0.39, 0.29) is 10.6 Å². The molecule has 2 rings (SSSR count). The molecule has 0 aliphatic rings. The van der Waals surface area contributed by atoms with Crippen molar-refractivity contribution in [3.63, 3.8) is 0 Å². The van der Waals surface area contributed by atoms with Crippen molar-refractivity contribution in [3.05, 3.63) is 47.3 Å². The molecule has 0 bridgehead atoms. The van der Waals surface area contributed by atoms with Gasteiger partial charge in [0.15, 0.2) is 0 Å². The van der Waals surface area contributed by atoms with E-state index in [1.165, 1.54) is 17.7 Å². The van der Waals surface area contributed by atoms with E-state index in [2.05, 4.69) is 9.46 Å². The van der Waals surface area contributed by atoms with Gasteiger partial charge in [0.05, 0.1) is 12.8 Å². The third-order valence-corrected chi connectivity index (χ3v) is 5.04. The number of esters is 1. The number of methoxy groups -OCH3 is 1. The molecular formula is C15H18N2O4S. The summed E-state index contributed by atoms with van der Waals surface area (Å²) in [6.07, 6.45) is 0. The largest absolute Gasteiger partial charge is 0.464 e. The van der Waals surface area contributed by atoms with Crippen molar-refractivity contribution in [2.24, 2.45) is 7.05 Å². The molecule has 0 saturated carbocycles. The van der Waals surface area contributed by atoms with Crippen LogP contribution in [0.15, 0.2) is 35.2 Å². The summed E-state index contributed by atoms with van der Waals surface area (Å²) in [7, 11) is -0.915. The Morgan fingerprint density at radius 1 is 1.23 bits per heavy atom. The summed E-state index contributed by atoms with van der Waals surface area (Å²) in [5.41, 5.74) is 1.96. The van der Waals surface area contributed by atoms with Crippen LogP contribution in [0.1, 0.15) is 21.7 Å². The zero-order valence-electron chi connectivity index (χ0n) is 12.9. The number of carbonyl (C=O) groups is 1. The number of aryl methyl sites for hydroxylation is 1. The van der Waals surface area contributed by atoms with E-state index in [0.717, 1.165) is 5.56 Å². The Kier molecular flexibility index (Phi) is 4.27. The third-order valence-electron chi connectivity index (χ3n) is 3.56. The number of nitrogens with zero attached hydrogens (tertiary/aromatic N) is 1. The molecule has 7 heteroatoms. The third kappa shape index (κ3) is 2.85. The number of rotatable bonds is 4. The number of sulfonamides is 1. The van der Waals surface area contributed by atoms with E-state index < -0.39 is 16.0 Å². The first-order valence-corrected chi connectivity index (χ1v) is 8.09. The van der Waals surface area contributed by atoms with Crippen LogP contribution in [-0.4, -0.2) is 26.1 Å². The lowest BCUT2D eigenvalue weighted by Crippen LogP contribution is -2.14. The lowest BCUT2D eigenvalue weighted by Gasteiger charge is -2.10. The minimum Gasteiger partial charge on any atom is -0.464 e. The standard InChI is InChI=1S/C15H18N2O4S/c1-10-7-5-6-8-12(10)16-22(19,20)14-9-13(15(18)21-4)17(3)11(14)2/h5-9,16H,1-4H3. The molecule has 0 aliphatic carbocycles. The van der Waals surface area contributed by atoms with Gasteiger partial charge in [-0.05, 0) is 31.5 Å². The molecule has 0 amide bonds. The van der Waals surface area contributed by atoms with Crippen molar-refractivity contribution in [1.29, 1.82) is 0 Å². The number of ether oxygens (including phenoxy) is 1. The SMILES string of the molecule is COC(=O)c1cc(S(=O)(=O)Nc2ccccc2C)c(C)n1C. The molecule has 1 aromatic carbocycles. The van der Waals surface area contributed by atoms with Crippen LogP contribution in [0.25, 0.3) is 0 Å². The van der Waals surface area contributed by atoms with Crippen LogP contribution in [0.4, 0.5) is 5.69 Å². The second-order valence-corrected chi connectivity index (χ2v) is 6.60. The molecule has 0 atom stereocenters. The first-order chi connectivity index (χ1) is 10.3. The van der Waals surface area contributed by atoms with E-state index in [1.807, 2.05) is 19.1 Å². The number of benzene rings is 1. The number of nitrogens with one attached hydrogen (secondary N) is 1. The molecule has 6 nitrogen and oxygen atoms in total. The predicted octanol–water partition coefficient (Wildman–Crippen LogP) is 2.23. The minimum atomic E-state index is -3.79. The van der Waals surface area contributed by atoms with Crippen LogP contribution in [-0.2, 0) is 21.8 Å². The number of para-hydroxylation sites is 1. The van der Waals surface area contributed by atoms with Gasteiger partial charge in [0.25, 0.3) is 10.0 Å². The quantitative estimate of drug-likeness (QED) is 0.876. The first kappa shape index (κ1) is 16.1. The fourth-order valence-corrected chi connectivity index (χ4v) is 3.55. The van der Waals surface area contributed by atoms with Gasteiger partial charge < -0.3 is 9.30 Å². The normalized spacial score (nSPS) is 11.3. The second-order valence-electron chi connectivity index (χ2n) is 4.95. The number of aromatic nitrogens is 1. The van der Waals surface area contributed by atoms with Gasteiger partial charge in [-0.15, -0.1) is 0 Å². The summed E-state index contributed by atoms with van der Waals surface area (Å²) in [6.45, 7) is 3.45. The van der Waals surface area contributed by atoms with Crippen LogP contribution in [0.5, 0.6) is 0 Å². The summed E-state index contributed by atoms with van der Waals surface area (Å²) in [4.78, 5) is 11.7. The highest BCUT2D eigenvalue weighted by atomic mass is 32.2. The first-order valence-electron chi connectivity index (χ1n) is 6.61. The number of hydrogen-bond acceptors (Lipinski definition) is 4. The maximum absolute atomic E-state index is 12.6. The summed E-state index contributed by atoms with van der Waals surface area (Å²) in [5, 5.41) is 0. The van der Waals surface area contributed by atoms with E-state index in [4.69, 9.17) is 0 Å². The van der Waals surface area contributed by atoms with Crippen molar-refractivity contribution in [2.45, 2.75) is 18.7 Å². The molecule has 0 saturated heterocycles. The molecule has 1 N–H and O–H groups in total. The molecule has 0 aliphatic heterocycles. The Labute approximate surface area is 129 Å². The van der Waals surface area contributed by atoms with Gasteiger partial charge >= 0.3 is 5.97 Å². The van der Waals surface area contributed by atoms with Gasteiger partial charge in [-0.1, -0.05) is 18.2 Å². The highest BCUT2D eigenvalue weighted by molar-refractivity contribution is 7.92. The lowest BCUT2D eigenvalue weighted by molar-refractivity contribution is 0.0589. The highest BCUT2D eigenvalue weighted by Gasteiger charge is 2.25. The number of carbonyl (C=O) groups excluding carboxylic acids is 1. The maximum Gasteiger partial charge on any atom is 0.354 e. The molecule has 2 aromatic rings. The van der Waals surface area contributed by atoms with Crippen molar-refractivity contribution < 1.29 is 17.9 Å². The highest BCUT2D eigenvalue weighted by Crippen LogP contribution is 2.24. The minimum absolute atomic E-state index is 0.0543. The van der Waals surface area contributed by atoms with Gasteiger partial charge in [-0.25, -0.2) is 13.2 Å². The molecule has 1 aromatic heterocycles. The smallest absolute Gasteiger partial charge is 0.354 e. The molecule has 1 heterocycles. The van der Waals surface area contributed by atoms with E-state index in [0.29, 0.717) is 11.4 Å². The van der Waals surface area contributed by atoms with Gasteiger partial charge in [0.2, 0.25) is 0 Å². The number of hydrogen-bond donors (Lipinski definition) is 1.